The second-order valence-corrected chi connectivity index (χ2v) is 4.01. The van der Waals surface area contributed by atoms with Gasteiger partial charge in [0.2, 0.25) is 5.75 Å². The van der Waals surface area contributed by atoms with Crippen molar-refractivity contribution in [3.05, 3.63) is 45.6 Å². The van der Waals surface area contributed by atoms with Gasteiger partial charge in [-0.1, -0.05) is 6.07 Å². The number of para-hydroxylation sites is 1. The zero-order chi connectivity index (χ0) is 14.7. The maximum absolute atomic E-state index is 12.1. The van der Waals surface area contributed by atoms with Crippen LogP contribution in [0.3, 0.4) is 0 Å². The molecule has 8 nitrogen and oxygen atoms in total. The SMILES string of the molecule is COc1c(C(=O)Nc2cc(C)[nH]n2)cccc1[N+](=O)[O-]. The predicted molar refractivity (Wildman–Crippen MR) is 70.9 cm³/mol. The quantitative estimate of drug-likeness (QED) is 0.654. The third-order valence-corrected chi connectivity index (χ3v) is 2.59. The smallest absolute Gasteiger partial charge is 0.311 e. The van der Waals surface area contributed by atoms with Crippen molar-refractivity contribution in [2.24, 2.45) is 0 Å². The Bertz CT molecular complexity index is 665. The summed E-state index contributed by atoms with van der Waals surface area (Å²) in [5.41, 5.74) is 0.590. The molecule has 0 aliphatic rings. The Labute approximate surface area is 113 Å². The summed E-state index contributed by atoms with van der Waals surface area (Å²) < 4.78 is 4.97. The van der Waals surface area contributed by atoms with Crippen LogP contribution >= 0.6 is 0 Å². The van der Waals surface area contributed by atoms with Crippen LogP contribution < -0.4 is 10.1 Å². The number of hydrogen-bond acceptors (Lipinski definition) is 5. The molecule has 0 radical (unpaired) electrons. The molecule has 0 fully saturated rings. The lowest BCUT2D eigenvalue weighted by atomic mass is 10.1. The fourth-order valence-electron chi connectivity index (χ4n) is 1.73. The second-order valence-electron chi connectivity index (χ2n) is 4.01. The van der Waals surface area contributed by atoms with Crippen LogP contribution in [0.25, 0.3) is 0 Å². The van der Waals surface area contributed by atoms with Gasteiger partial charge in [0, 0.05) is 17.8 Å². The summed E-state index contributed by atoms with van der Waals surface area (Å²) in [5, 5.41) is 20.0. The van der Waals surface area contributed by atoms with E-state index in [0.29, 0.717) is 5.82 Å². The molecule has 1 heterocycles. The first-order valence-electron chi connectivity index (χ1n) is 5.67. The number of methoxy groups -OCH3 is 1. The standard InChI is InChI=1S/C12H12N4O4/c1-7-6-10(15-14-7)13-12(17)8-4-3-5-9(16(18)19)11(8)20-2/h3-6H,1-2H3,(H2,13,14,15,17). The summed E-state index contributed by atoms with van der Waals surface area (Å²) in [6.45, 7) is 1.79. The van der Waals surface area contributed by atoms with Gasteiger partial charge >= 0.3 is 5.69 Å². The van der Waals surface area contributed by atoms with E-state index in [1.54, 1.807) is 13.0 Å². The van der Waals surface area contributed by atoms with Gasteiger partial charge in [-0.05, 0) is 13.0 Å². The number of nitro groups is 1. The zero-order valence-corrected chi connectivity index (χ0v) is 10.8. The van der Waals surface area contributed by atoms with Crippen molar-refractivity contribution >= 4 is 17.4 Å². The van der Waals surface area contributed by atoms with Gasteiger partial charge in [0.25, 0.3) is 5.91 Å². The monoisotopic (exact) mass is 276 g/mol. The number of amides is 1. The number of nitrogens with one attached hydrogen (secondary N) is 2. The molecule has 0 spiro atoms. The fraction of sp³-hybridized carbons (Fsp3) is 0.167. The van der Waals surface area contributed by atoms with E-state index in [0.717, 1.165) is 5.69 Å². The number of benzene rings is 1. The molecule has 0 aliphatic heterocycles. The molecule has 1 amide bonds. The molecule has 20 heavy (non-hydrogen) atoms. The van der Waals surface area contributed by atoms with Crippen molar-refractivity contribution in [2.75, 3.05) is 12.4 Å². The van der Waals surface area contributed by atoms with Crippen LogP contribution in [0.2, 0.25) is 0 Å². The van der Waals surface area contributed by atoms with Gasteiger partial charge in [-0.15, -0.1) is 0 Å². The van der Waals surface area contributed by atoms with Crippen LogP contribution in [0, 0.1) is 17.0 Å². The first-order valence-corrected chi connectivity index (χ1v) is 5.67. The molecule has 8 heteroatoms. The van der Waals surface area contributed by atoms with Crippen molar-refractivity contribution < 1.29 is 14.5 Å². The number of nitrogens with zero attached hydrogens (tertiary/aromatic N) is 2. The number of hydrogen-bond donors (Lipinski definition) is 2. The normalized spacial score (nSPS) is 10.1. The number of anilines is 1. The predicted octanol–water partition coefficient (Wildman–Crippen LogP) is 1.89. The number of carbonyl (C=O) groups is 1. The van der Waals surface area contributed by atoms with Crippen molar-refractivity contribution in [1.29, 1.82) is 0 Å². The molecular weight excluding hydrogens is 264 g/mol. The average Bonchev–Trinajstić information content (AvgIpc) is 2.82. The van der Waals surface area contributed by atoms with E-state index in [9.17, 15) is 14.9 Å². The summed E-state index contributed by atoms with van der Waals surface area (Å²) in [6, 6.07) is 5.78. The van der Waals surface area contributed by atoms with E-state index in [2.05, 4.69) is 15.5 Å². The maximum atomic E-state index is 12.1. The molecule has 0 aliphatic carbocycles. The lowest BCUT2D eigenvalue weighted by molar-refractivity contribution is -0.385. The van der Waals surface area contributed by atoms with E-state index in [1.165, 1.54) is 25.3 Å². The molecule has 2 rings (SSSR count). The minimum atomic E-state index is -0.603. The molecule has 1 aromatic heterocycles. The summed E-state index contributed by atoms with van der Waals surface area (Å²) >= 11 is 0. The number of aromatic amines is 1. The van der Waals surface area contributed by atoms with Crippen molar-refractivity contribution in [3.8, 4) is 5.75 Å². The zero-order valence-electron chi connectivity index (χ0n) is 10.8. The molecule has 2 N–H and O–H groups in total. The van der Waals surface area contributed by atoms with Crippen LogP contribution in [0.15, 0.2) is 24.3 Å². The molecular formula is C12H12N4O4. The largest absolute Gasteiger partial charge is 0.490 e. The van der Waals surface area contributed by atoms with Crippen LogP contribution in [0.1, 0.15) is 16.1 Å². The van der Waals surface area contributed by atoms with Crippen molar-refractivity contribution in [3.63, 3.8) is 0 Å². The van der Waals surface area contributed by atoms with Gasteiger partial charge in [-0.2, -0.15) is 5.10 Å². The van der Waals surface area contributed by atoms with Crippen molar-refractivity contribution in [2.45, 2.75) is 6.92 Å². The number of H-pyrrole nitrogens is 1. The minimum absolute atomic E-state index is 0.0716. The highest BCUT2D eigenvalue weighted by atomic mass is 16.6. The van der Waals surface area contributed by atoms with Crippen LogP contribution in [-0.4, -0.2) is 28.1 Å². The summed E-state index contributed by atoms with van der Waals surface area (Å²) in [7, 11) is 1.28. The second kappa shape index (κ2) is 5.39. The molecule has 1 aromatic carbocycles. The lowest BCUT2D eigenvalue weighted by Gasteiger charge is -2.08. The van der Waals surface area contributed by atoms with Gasteiger partial charge in [0.05, 0.1) is 17.6 Å². The lowest BCUT2D eigenvalue weighted by Crippen LogP contribution is -2.14. The highest BCUT2D eigenvalue weighted by Crippen LogP contribution is 2.30. The Morgan fingerprint density at radius 3 is 2.80 bits per heavy atom. The van der Waals surface area contributed by atoms with Gasteiger partial charge in [0.15, 0.2) is 5.82 Å². The molecule has 0 atom stereocenters. The van der Waals surface area contributed by atoms with Crippen molar-refractivity contribution in [1.82, 2.24) is 10.2 Å². The number of carbonyl (C=O) groups excluding carboxylic acids is 1. The van der Waals surface area contributed by atoms with Crippen LogP contribution in [0.4, 0.5) is 11.5 Å². The Morgan fingerprint density at radius 1 is 1.50 bits per heavy atom. The highest BCUT2D eigenvalue weighted by Gasteiger charge is 2.22. The first-order chi connectivity index (χ1) is 9.52. The molecule has 0 bridgehead atoms. The van der Waals surface area contributed by atoms with E-state index < -0.39 is 10.8 Å². The van der Waals surface area contributed by atoms with E-state index in [1.807, 2.05) is 0 Å². The molecule has 104 valence electrons. The van der Waals surface area contributed by atoms with Gasteiger partial charge < -0.3 is 10.1 Å². The highest BCUT2D eigenvalue weighted by molar-refractivity contribution is 6.06. The first kappa shape index (κ1) is 13.5. The third-order valence-electron chi connectivity index (χ3n) is 2.59. The third kappa shape index (κ3) is 2.58. The van der Waals surface area contributed by atoms with E-state index in [-0.39, 0.29) is 17.0 Å². The number of aryl methyl sites for hydroxylation is 1. The number of rotatable bonds is 4. The fourth-order valence-corrected chi connectivity index (χ4v) is 1.73. The van der Waals surface area contributed by atoms with E-state index >= 15 is 0 Å². The van der Waals surface area contributed by atoms with Gasteiger partial charge in [-0.25, -0.2) is 0 Å². The molecule has 0 saturated heterocycles. The Morgan fingerprint density at radius 2 is 2.25 bits per heavy atom. The van der Waals surface area contributed by atoms with Crippen LogP contribution in [-0.2, 0) is 0 Å². The van der Waals surface area contributed by atoms with Crippen LogP contribution in [0.5, 0.6) is 5.75 Å². The molecule has 2 aromatic rings. The maximum Gasteiger partial charge on any atom is 0.311 e. The minimum Gasteiger partial charge on any atom is -0.490 e. The molecule has 0 saturated carbocycles. The summed E-state index contributed by atoms with van der Waals surface area (Å²) in [6.07, 6.45) is 0. The van der Waals surface area contributed by atoms with Gasteiger partial charge in [0.1, 0.15) is 0 Å². The Balaban J connectivity index is 2.34. The summed E-state index contributed by atoms with van der Waals surface area (Å²) in [4.78, 5) is 22.4. The number of nitro benzene ring substituents is 1. The molecule has 0 unspecified atom stereocenters. The number of aromatic nitrogens is 2. The van der Waals surface area contributed by atoms with E-state index in [4.69, 9.17) is 4.74 Å². The number of ether oxygens (including phenoxy) is 1. The Hall–Kier alpha value is -2.90. The summed E-state index contributed by atoms with van der Waals surface area (Å²) in [5.74, 6) is -0.277. The topological polar surface area (TPSA) is 110 Å². The van der Waals surface area contributed by atoms with Gasteiger partial charge in [-0.3, -0.25) is 20.0 Å². The Kier molecular flexibility index (Phi) is 3.65. The average molecular weight is 276 g/mol.